The van der Waals surface area contributed by atoms with Crippen LogP contribution in [0.4, 0.5) is 17.2 Å². The summed E-state index contributed by atoms with van der Waals surface area (Å²) in [5.41, 5.74) is 8.95. The van der Waals surface area contributed by atoms with Crippen molar-refractivity contribution in [3.63, 3.8) is 0 Å². The molecule has 5 rings (SSSR count). The summed E-state index contributed by atoms with van der Waals surface area (Å²) < 4.78 is 2.49. The standard InChI is InChI=1S/C20H11ClN8S/c21-12-5-1-2-6-13(12)26-27-16-18(23)28-29-17(11(9-22)10-24-19(16)29)20-25-14-7-3-4-8-15(14)30-20/h1-8,10H,(H2,23,28). The molecule has 0 radical (unpaired) electrons. The lowest BCUT2D eigenvalue weighted by Gasteiger charge is -2.03. The van der Waals surface area contributed by atoms with Crippen molar-refractivity contribution in [1.29, 1.82) is 5.26 Å². The Balaban J connectivity index is 1.71. The maximum atomic E-state index is 9.63. The van der Waals surface area contributed by atoms with E-state index >= 15 is 0 Å². The molecule has 0 amide bonds. The van der Waals surface area contributed by atoms with E-state index in [1.54, 1.807) is 18.2 Å². The number of azo groups is 1. The summed E-state index contributed by atoms with van der Waals surface area (Å²) in [6.45, 7) is 0. The Morgan fingerprint density at radius 3 is 2.70 bits per heavy atom. The van der Waals surface area contributed by atoms with E-state index < -0.39 is 0 Å². The molecule has 0 spiro atoms. The topological polar surface area (TPSA) is 118 Å². The Hall–Kier alpha value is -3.87. The van der Waals surface area contributed by atoms with Crippen molar-refractivity contribution in [2.24, 2.45) is 10.2 Å². The smallest absolute Gasteiger partial charge is 0.186 e. The molecule has 30 heavy (non-hydrogen) atoms. The number of benzene rings is 2. The van der Waals surface area contributed by atoms with E-state index in [9.17, 15) is 5.26 Å². The van der Waals surface area contributed by atoms with E-state index in [-0.39, 0.29) is 5.82 Å². The van der Waals surface area contributed by atoms with Gasteiger partial charge < -0.3 is 5.73 Å². The molecule has 0 saturated carbocycles. The lowest BCUT2D eigenvalue weighted by atomic mass is 10.2. The van der Waals surface area contributed by atoms with E-state index in [0.717, 1.165) is 10.2 Å². The van der Waals surface area contributed by atoms with Crippen LogP contribution in [0.15, 0.2) is 65.0 Å². The SMILES string of the molecule is N#Cc1cnc2c(N=Nc3ccccc3Cl)c(N)nn2c1-c1nc2ccccc2s1. The summed E-state index contributed by atoms with van der Waals surface area (Å²) in [6, 6.07) is 17.0. The largest absolute Gasteiger partial charge is 0.380 e. The number of hydrogen-bond acceptors (Lipinski definition) is 8. The van der Waals surface area contributed by atoms with Gasteiger partial charge in [0, 0.05) is 6.20 Å². The van der Waals surface area contributed by atoms with Gasteiger partial charge in [-0.05, 0) is 24.3 Å². The molecule has 0 saturated heterocycles. The van der Waals surface area contributed by atoms with Crippen LogP contribution in [0.2, 0.25) is 5.02 Å². The van der Waals surface area contributed by atoms with Crippen LogP contribution >= 0.6 is 22.9 Å². The van der Waals surface area contributed by atoms with E-state index in [2.05, 4.69) is 31.4 Å². The lowest BCUT2D eigenvalue weighted by molar-refractivity contribution is 0.947. The first kappa shape index (κ1) is 18.2. The Morgan fingerprint density at radius 1 is 1.10 bits per heavy atom. The number of nitriles is 1. The van der Waals surface area contributed by atoms with Crippen LogP contribution in [0.1, 0.15) is 5.56 Å². The van der Waals surface area contributed by atoms with Crippen LogP contribution in [0, 0.1) is 11.3 Å². The summed E-state index contributed by atoms with van der Waals surface area (Å²) in [5, 5.41) is 23.5. The Morgan fingerprint density at radius 2 is 1.90 bits per heavy atom. The normalized spacial score (nSPS) is 11.5. The highest BCUT2D eigenvalue weighted by molar-refractivity contribution is 7.21. The second kappa shape index (κ2) is 7.18. The summed E-state index contributed by atoms with van der Waals surface area (Å²) in [7, 11) is 0. The average Bonchev–Trinajstić information content (AvgIpc) is 3.32. The predicted molar refractivity (Wildman–Crippen MR) is 116 cm³/mol. The summed E-state index contributed by atoms with van der Waals surface area (Å²) in [5.74, 6) is 0.135. The van der Waals surface area contributed by atoms with Gasteiger partial charge in [0.2, 0.25) is 0 Å². The van der Waals surface area contributed by atoms with Gasteiger partial charge in [0.05, 0.1) is 20.8 Å². The summed E-state index contributed by atoms with van der Waals surface area (Å²) in [4.78, 5) is 8.99. The van der Waals surface area contributed by atoms with Gasteiger partial charge in [-0.3, -0.25) is 0 Å². The van der Waals surface area contributed by atoms with Crippen LogP contribution in [0.3, 0.4) is 0 Å². The van der Waals surface area contributed by atoms with Crippen molar-refractivity contribution >= 4 is 56.0 Å². The molecule has 2 aromatic carbocycles. The highest BCUT2D eigenvalue weighted by Crippen LogP contribution is 2.36. The third-order valence-corrected chi connectivity index (χ3v) is 5.74. The van der Waals surface area contributed by atoms with Crippen LogP contribution in [0.25, 0.3) is 26.6 Å². The van der Waals surface area contributed by atoms with Gasteiger partial charge in [-0.1, -0.05) is 35.9 Å². The zero-order valence-electron chi connectivity index (χ0n) is 15.2. The zero-order chi connectivity index (χ0) is 20.7. The van der Waals surface area contributed by atoms with Crippen LogP contribution in [-0.4, -0.2) is 19.6 Å². The first-order chi connectivity index (χ1) is 14.7. The number of fused-ring (bicyclic) bond motifs is 2. The number of thiazole rings is 1. The summed E-state index contributed by atoms with van der Waals surface area (Å²) >= 11 is 7.60. The number of nitrogens with zero attached hydrogens (tertiary/aromatic N) is 7. The van der Waals surface area contributed by atoms with Gasteiger partial charge in [-0.2, -0.15) is 5.26 Å². The van der Waals surface area contributed by atoms with E-state index in [1.165, 1.54) is 22.0 Å². The molecule has 0 bridgehead atoms. The number of aromatic nitrogens is 4. The van der Waals surface area contributed by atoms with Gasteiger partial charge in [0.15, 0.2) is 17.2 Å². The zero-order valence-corrected chi connectivity index (χ0v) is 16.8. The molecule has 0 atom stereocenters. The number of anilines is 1. The Labute approximate surface area is 178 Å². The fourth-order valence-corrected chi connectivity index (χ4v) is 4.17. The number of hydrogen-bond donors (Lipinski definition) is 1. The third-order valence-electron chi connectivity index (χ3n) is 4.37. The molecule has 5 aromatic rings. The fourth-order valence-electron chi connectivity index (χ4n) is 2.98. The molecule has 3 heterocycles. The molecule has 3 aromatic heterocycles. The fraction of sp³-hybridized carbons (Fsp3) is 0. The number of nitrogens with two attached hydrogens (primary N) is 1. The van der Waals surface area contributed by atoms with Gasteiger partial charge in [-0.15, -0.1) is 26.7 Å². The third kappa shape index (κ3) is 2.95. The van der Waals surface area contributed by atoms with Crippen molar-refractivity contribution < 1.29 is 0 Å². The number of nitrogen functional groups attached to an aromatic ring is 1. The molecule has 0 aliphatic rings. The molecule has 0 aliphatic heterocycles. The maximum Gasteiger partial charge on any atom is 0.186 e. The molecule has 8 nitrogen and oxygen atoms in total. The van der Waals surface area contributed by atoms with Crippen molar-refractivity contribution in [2.75, 3.05) is 5.73 Å². The minimum Gasteiger partial charge on any atom is -0.380 e. The van der Waals surface area contributed by atoms with Crippen molar-refractivity contribution in [2.45, 2.75) is 0 Å². The number of para-hydroxylation sites is 1. The van der Waals surface area contributed by atoms with Gasteiger partial charge in [-0.25, -0.2) is 14.5 Å². The summed E-state index contributed by atoms with van der Waals surface area (Å²) in [6.07, 6.45) is 1.46. The predicted octanol–water partition coefficient (Wildman–Crippen LogP) is 5.53. The molecule has 10 heteroatoms. The van der Waals surface area contributed by atoms with Crippen LogP contribution in [0.5, 0.6) is 0 Å². The maximum absolute atomic E-state index is 9.63. The Bertz CT molecular complexity index is 1460. The average molecular weight is 431 g/mol. The first-order valence-corrected chi connectivity index (χ1v) is 9.94. The molecular formula is C20H11ClN8S. The van der Waals surface area contributed by atoms with Crippen molar-refractivity contribution in [1.82, 2.24) is 19.6 Å². The van der Waals surface area contributed by atoms with Gasteiger partial charge >= 0.3 is 0 Å². The minimum absolute atomic E-state index is 0.135. The van der Waals surface area contributed by atoms with Crippen molar-refractivity contribution in [3.05, 3.63) is 65.3 Å². The second-order valence-corrected chi connectivity index (χ2v) is 7.68. The number of rotatable bonds is 3. The monoisotopic (exact) mass is 430 g/mol. The highest BCUT2D eigenvalue weighted by atomic mass is 35.5. The second-order valence-electron chi connectivity index (χ2n) is 6.24. The van der Waals surface area contributed by atoms with E-state index in [1.807, 2.05) is 30.3 Å². The van der Waals surface area contributed by atoms with E-state index in [4.69, 9.17) is 17.3 Å². The number of halogens is 1. The highest BCUT2D eigenvalue weighted by Gasteiger charge is 2.21. The molecule has 0 aliphatic carbocycles. The molecule has 2 N–H and O–H groups in total. The van der Waals surface area contributed by atoms with Gasteiger partial charge in [0.1, 0.15) is 22.5 Å². The van der Waals surface area contributed by atoms with Crippen molar-refractivity contribution in [3.8, 4) is 16.8 Å². The molecular weight excluding hydrogens is 420 g/mol. The van der Waals surface area contributed by atoms with Crippen LogP contribution in [-0.2, 0) is 0 Å². The molecule has 0 fully saturated rings. The van der Waals surface area contributed by atoms with E-state index in [0.29, 0.717) is 38.3 Å². The molecule has 144 valence electrons. The first-order valence-electron chi connectivity index (χ1n) is 8.75. The Kier molecular flexibility index (Phi) is 4.35. The quantitative estimate of drug-likeness (QED) is 0.377. The van der Waals surface area contributed by atoms with Gasteiger partial charge in [0.25, 0.3) is 0 Å². The minimum atomic E-state index is 0.135. The van der Waals surface area contributed by atoms with Crippen LogP contribution < -0.4 is 5.73 Å². The lowest BCUT2D eigenvalue weighted by Crippen LogP contribution is -2.00. The molecule has 0 unspecified atom stereocenters.